The first kappa shape index (κ1) is 20.6. The highest BCUT2D eigenvalue weighted by Crippen LogP contribution is 2.41. The van der Waals surface area contributed by atoms with Crippen molar-refractivity contribution in [2.24, 2.45) is 11.3 Å². The normalized spacial score (nSPS) is 16.8. The van der Waals surface area contributed by atoms with E-state index < -0.39 is 0 Å². The van der Waals surface area contributed by atoms with E-state index in [1.807, 2.05) is 0 Å². The van der Waals surface area contributed by atoms with Crippen LogP contribution in [0.15, 0.2) is 48.5 Å². The van der Waals surface area contributed by atoms with E-state index in [4.69, 9.17) is 4.74 Å². The summed E-state index contributed by atoms with van der Waals surface area (Å²) < 4.78 is 5.24. The molecule has 0 amide bonds. The Balaban J connectivity index is 1.61. The van der Waals surface area contributed by atoms with E-state index in [9.17, 15) is 5.26 Å². The van der Waals surface area contributed by atoms with E-state index in [1.54, 1.807) is 7.11 Å². The molecule has 1 heterocycles. The predicted molar refractivity (Wildman–Crippen MR) is 115 cm³/mol. The van der Waals surface area contributed by atoms with Crippen LogP contribution in [-0.4, -0.2) is 25.1 Å². The molecule has 3 nitrogen and oxygen atoms in total. The number of rotatable bonds is 7. The Kier molecular flexibility index (Phi) is 6.88. The first-order valence-corrected chi connectivity index (χ1v) is 10.3. The van der Waals surface area contributed by atoms with Crippen LogP contribution in [0.4, 0.5) is 0 Å². The minimum Gasteiger partial charge on any atom is -0.380 e. The van der Waals surface area contributed by atoms with Crippen molar-refractivity contribution < 1.29 is 4.74 Å². The summed E-state index contributed by atoms with van der Waals surface area (Å²) in [4.78, 5) is 2.53. The first-order valence-electron chi connectivity index (χ1n) is 10.3. The molecular formula is C25H32N2O. The Morgan fingerprint density at radius 3 is 2.36 bits per heavy atom. The molecule has 1 aliphatic rings. The predicted octanol–water partition coefficient (Wildman–Crippen LogP) is 5.65. The fraction of sp³-hybridized carbons (Fsp3) is 0.480. The van der Waals surface area contributed by atoms with Crippen LogP contribution >= 0.6 is 0 Å². The fourth-order valence-electron chi connectivity index (χ4n) is 4.34. The second-order valence-corrected chi connectivity index (χ2v) is 8.46. The Morgan fingerprint density at radius 2 is 1.75 bits per heavy atom. The van der Waals surface area contributed by atoms with Gasteiger partial charge in [0, 0.05) is 20.1 Å². The largest absolute Gasteiger partial charge is 0.380 e. The molecule has 0 atom stereocenters. The second-order valence-electron chi connectivity index (χ2n) is 8.46. The molecule has 148 valence electrons. The third kappa shape index (κ3) is 4.82. The molecule has 2 aromatic rings. The van der Waals surface area contributed by atoms with Gasteiger partial charge in [0.25, 0.3) is 0 Å². The summed E-state index contributed by atoms with van der Waals surface area (Å²) in [5.74, 6) is 0.572. The van der Waals surface area contributed by atoms with Gasteiger partial charge >= 0.3 is 0 Å². The lowest BCUT2D eigenvalue weighted by atomic mass is 9.68. The van der Waals surface area contributed by atoms with Gasteiger partial charge in [0.2, 0.25) is 0 Å². The summed E-state index contributed by atoms with van der Waals surface area (Å²) in [6, 6.07) is 19.9. The van der Waals surface area contributed by atoms with Crippen LogP contribution < -0.4 is 0 Å². The molecule has 3 heteroatoms. The van der Waals surface area contributed by atoms with Crippen molar-refractivity contribution >= 4 is 0 Å². The van der Waals surface area contributed by atoms with E-state index in [0.717, 1.165) is 32.5 Å². The lowest BCUT2D eigenvalue weighted by molar-refractivity contribution is 0.0617. The monoisotopic (exact) mass is 376 g/mol. The summed E-state index contributed by atoms with van der Waals surface area (Å²) in [6.07, 6.45) is 2.94. The van der Waals surface area contributed by atoms with Crippen molar-refractivity contribution in [1.82, 2.24) is 4.90 Å². The summed E-state index contributed by atoms with van der Waals surface area (Å²) >= 11 is 0. The maximum absolute atomic E-state index is 9.23. The average Bonchev–Trinajstić information content (AvgIpc) is 2.71. The topological polar surface area (TPSA) is 36.3 Å². The molecule has 0 spiro atoms. The van der Waals surface area contributed by atoms with Crippen molar-refractivity contribution in [2.75, 3.05) is 20.2 Å². The van der Waals surface area contributed by atoms with Crippen LogP contribution in [0.3, 0.4) is 0 Å². The lowest BCUT2D eigenvalue weighted by Gasteiger charge is -2.43. The van der Waals surface area contributed by atoms with Crippen molar-refractivity contribution in [3.8, 4) is 17.2 Å². The van der Waals surface area contributed by atoms with Crippen LogP contribution in [-0.2, 0) is 17.9 Å². The highest BCUT2D eigenvalue weighted by molar-refractivity contribution is 5.64. The number of nitrogens with zero attached hydrogens (tertiary/aromatic N) is 2. The Hall–Kier alpha value is -2.15. The summed E-state index contributed by atoms with van der Waals surface area (Å²) in [5.41, 5.74) is 5.24. The number of nitriles is 1. The van der Waals surface area contributed by atoms with E-state index in [1.165, 1.54) is 22.3 Å². The van der Waals surface area contributed by atoms with Crippen molar-refractivity contribution in [3.63, 3.8) is 0 Å². The molecule has 1 aliphatic heterocycles. The molecule has 0 unspecified atom stereocenters. The molecule has 0 bridgehead atoms. The molecule has 2 aromatic carbocycles. The van der Waals surface area contributed by atoms with Crippen molar-refractivity contribution in [3.05, 3.63) is 59.7 Å². The summed E-state index contributed by atoms with van der Waals surface area (Å²) in [5, 5.41) is 9.23. The smallest absolute Gasteiger partial charge is 0.0713 e. The molecule has 28 heavy (non-hydrogen) atoms. The van der Waals surface area contributed by atoms with E-state index in [2.05, 4.69) is 73.3 Å². The summed E-state index contributed by atoms with van der Waals surface area (Å²) in [6.45, 7) is 8.34. The average molecular weight is 377 g/mol. The van der Waals surface area contributed by atoms with Gasteiger partial charge in [-0.2, -0.15) is 5.26 Å². The van der Waals surface area contributed by atoms with Gasteiger partial charge in [0.05, 0.1) is 12.7 Å². The molecule has 0 aliphatic carbocycles. The van der Waals surface area contributed by atoms with E-state index in [0.29, 0.717) is 18.9 Å². The molecule has 3 rings (SSSR count). The van der Waals surface area contributed by atoms with Crippen LogP contribution in [0, 0.1) is 22.7 Å². The van der Waals surface area contributed by atoms with Crippen molar-refractivity contribution in [2.45, 2.75) is 46.3 Å². The van der Waals surface area contributed by atoms with Crippen molar-refractivity contribution in [1.29, 1.82) is 5.26 Å². The van der Waals surface area contributed by atoms with Crippen LogP contribution in [0.2, 0.25) is 0 Å². The zero-order chi connectivity index (χ0) is 20.0. The second kappa shape index (κ2) is 9.37. The molecule has 1 saturated heterocycles. The quantitative estimate of drug-likeness (QED) is 0.626. The van der Waals surface area contributed by atoms with E-state index in [-0.39, 0.29) is 5.41 Å². The number of methoxy groups -OCH3 is 1. The minimum atomic E-state index is 0.211. The van der Waals surface area contributed by atoms with Gasteiger partial charge in [-0.1, -0.05) is 56.3 Å². The van der Waals surface area contributed by atoms with Gasteiger partial charge in [0.1, 0.15) is 0 Å². The standard InChI is InChI=1S/C25H32N2O/c1-20(2)25(11-14-26)12-15-27(16-13-25)18-21-7-9-23(10-8-21)24-6-4-5-22(17-24)19-28-3/h4-10,17,20H,11-13,15-16,18-19H2,1-3H3. The molecule has 1 fully saturated rings. The van der Waals surface area contributed by atoms with Gasteiger partial charge < -0.3 is 4.74 Å². The SMILES string of the molecule is COCc1cccc(-c2ccc(CN3CCC(CC#N)(C(C)C)CC3)cc2)c1. The highest BCUT2D eigenvalue weighted by Gasteiger charge is 2.37. The van der Waals surface area contributed by atoms with Gasteiger partial charge in [-0.25, -0.2) is 0 Å². The minimum absolute atomic E-state index is 0.211. The number of ether oxygens (including phenoxy) is 1. The van der Waals surface area contributed by atoms with Gasteiger partial charge in [-0.3, -0.25) is 4.90 Å². The first-order chi connectivity index (χ1) is 13.6. The number of likely N-dealkylation sites (tertiary alicyclic amines) is 1. The molecule has 0 radical (unpaired) electrons. The number of piperidine rings is 1. The number of hydrogen-bond acceptors (Lipinski definition) is 3. The third-order valence-electron chi connectivity index (χ3n) is 6.44. The number of hydrogen-bond donors (Lipinski definition) is 0. The highest BCUT2D eigenvalue weighted by atomic mass is 16.5. The zero-order valence-electron chi connectivity index (χ0n) is 17.4. The number of benzene rings is 2. The molecule has 0 N–H and O–H groups in total. The van der Waals surface area contributed by atoms with Gasteiger partial charge in [-0.15, -0.1) is 0 Å². The van der Waals surface area contributed by atoms with Crippen LogP contribution in [0.1, 0.15) is 44.2 Å². The Labute approximate surface area is 169 Å². The van der Waals surface area contributed by atoms with Crippen LogP contribution in [0.5, 0.6) is 0 Å². The Bertz CT molecular complexity index is 796. The maximum atomic E-state index is 9.23. The van der Waals surface area contributed by atoms with E-state index >= 15 is 0 Å². The van der Waals surface area contributed by atoms with Crippen LogP contribution in [0.25, 0.3) is 11.1 Å². The maximum Gasteiger partial charge on any atom is 0.0713 e. The molecule has 0 aromatic heterocycles. The molecular weight excluding hydrogens is 344 g/mol. The molecule has 0 saturated carbocycles. The Morgan fingerprint density at radius 1 is 1.04 bits per heavy atom. The lowest BCUT2D eigenvalue weighted by Crippen LogP contribution is -2.42. The summed E-state index contributed by atoms with van der Waals surface area (Å²) in [7, 11) is 1.73. The van der Waals surface area contributed by atoms with Gasteiger partial charge in [-0.05, 0) is 65.6 Å². The fourth-order valence-corrected chi connectivity index (χ4v) is 4.34. The zero-order valence-corrected chi connectivity index (χ0v) is 17.4. The third-order valence-corrected chi connectivity index (χ3v) is 6.44. The van der Waals surface area contributed by atoms with Gasteiger partial charge in [0.15, 0.2) is 0 Å².